The summed E-state index contributed by atoms with van der Waals surface area (Å²) in [5.41, 5.74) is 3.92. The first-order valence-electron chi connectivity index (χ1n) is 9.69. The van der Waals surface area contributed by atoms with E-state index in [1.54, 1.807) is 6.20 Å². The number of aromatic nitrogens is 1. The van der Waals surface area contributed by atoms with E-state index in [1.807, 2.05) is 30.3 Å². The first-order valence-corrected chi connectivity index (χ1v) is 11.2. The molecule has 29 heavy (non-hydrogen) atoms. The van der Waals surface area contributed by atoms with Crippen molar-refractivity contribution >= 4 is 40.0 Å². The van der Waals surface area contributed by atoms with Crippen LogP contribution in [0.2, 0.25) is 0 Å². The number of pyridine rings is 1. The van der Waals surface area contributed by atoms with Gasteiger partial charge in [0.05, 0.1) is 46.1 Å². The maximum absolute atomic E-state index is 11.6. The molecule has 0 saturated heterocycles. The summed E-state index contributed by atoms with van der Waals surface area (Å²) in [6.07, 6.45) is 2.20. The molecule has 0 unspecified atom stereocenters. The highest BCUT2D eigenvalue weighted by Crippen LogP contribution is 2.32. The number of ether oxygens (including phenoxy) is 3. The van der Waals surface area contributed by atoms with Gasteiger partial charge in [-0.2, -0.15) is 0 Å². The van der Waals surface area contributed by atoms with Gasteiger partial charge in [0.1, 0.15) is 5.82 Å². The van der Waals surface area contributed by atoms with Gasteiger partial charge in [-0.15, -0.1) is 0 Å². The maximum atomic E-state index is 11.6. The second kappa shape index (κ2) is 12.1. The van der Waals surface area contributed by atoms with Crippen LogP contribution >= 0.6 is 22.6 Å². The van der Waals surface area contributed by atoms with Crippen LogP contribution in [0.1, 0.15) is 5.56 Å². The number of amides is 1. The predicted octanol–water partition coefficient (Wildman–Crippen LogP) is 3.14. The van der Waals surface area contributed by atoms with Crippen LogP contribution in [-0.4, -0.2) is 61.5 Å². The number of alkyl halides is 1. The molecule has 0 aliphatic carbocycles. The minimum atomic E-state index is 0.0379. The fourth-order valence-electron chi connectivity index (χ4n) is 3.00. The zero-order valence-electron chi connectivity index (χ0n) is 16.3. The largest absolute Gasteiger partial charge is 0.378 e. The average molecular weight is 511 g/mol. The standard InChI is InChI=1S/C21H26IN3O4/c22-5-8-27-10-12-29-13-11-28-9-7-24-21-18(2-1-6-23-21)16-3-4-17-15-20(26)25-19(17)14-16/h1-4,6,14H,5,7-13,15H2,(H,23,24)(H,25,26). The Morgan fingerprint density at radius 1 is 1.03 bits per heavy atom. The van der Waals surface area contributed by atoms with Gasteiger partial charge < -0.3 is 24.8 Å². The van der Waals surface area contributed by atoms with Gasteiger partial charge in [-0.3, -0.25) is 4.79 Å². The molecule has 156 valence electrons. The lowest BCUT2D eigenvalue weighted by Gasteiger charge is -2.12. The van der Waals surface area contributed by atoms with Crippen molar-refractivity contribution in [1.82, 2.24) is 4.98 Å². The third kappa shape index (κ3) is 6.91. The van der Waals surface area contributed by atoms with Gasteiger partial charge in [-0.25, -0.2) is 4.98 Å². The quantitative estimate of drug-likeness (QED) is 0.245. The van der Waals surface area contributed by atoms with Gasteiger partial charge in [0.15, 0.2) is 0 Å². The third-order valence-corrected chi connectivity index (χ3v) is 4.80. The number of halogens is 1. The third-order valence-electron chi connectivity index (χ3n) is 4.36. The highest BCUT2D eigenvalue weighted by Gasteiger charge is 2.18. The number of carbonyl (C=O) groups is 1. The summed E-state index contributed by atoms with van der Waals surface area (Å²) in [7, 11) is 0. The van der Waals surface area contributed by atoms with E-state index < -0.39 is 0 Å². The predicted molar refractivity (Wildman–Crippen MR) is 122 cm³/mol. The van der Waals surface area contributed by atoms with Crippen LogP contribution in [0.3, 0.4) is 0 Å². The zero-order valence-corrected chi connectivity index (χ0v) is 18.4. The fourth-order valence-corrected chi connectivity index (χ4v) is 3.31. The summed E-state index contributed by atoms with van der Waals surface area (Å²) in [4.78, 5) is 16.0. The van der Waals surface area contributed by atoms with E-state index in [9.17, 15) is 4.79 Å². The lowest BCUT2D eigenvalue weighted by atomic mass is 10.0. The minimum absolute atomic E-state index is 0.0379. The molecule has 1 aromatic heterocycles. The van der Waals surface area contributed by atoms with Crippen LogP contribution in [0, 0.1) is 0 Å². The molecule has 1 aliphatic rings. The smallest absolute Gasteiger partial charge is 0.228 e. The summed E-state index contributed by atoms with van der Waals surface area (Å²) in [5, 5.41) is 6.23. The van der Waals surface area contributed by atoms with Crippen molar-refractivity contribution in [3.63, 3.8) is 0 Å². The summed E-state index contributed by atoms with van der Waals surface area (Å²) in [6, 6.07) is 9.95. The molecule has 3 rings (SSSR count). The van der Waals surface area contributed by atoms with E-state index in [0.717, 1.165) is 39.2 Å². The lowest BCUT2D eigenvalue weighted by Crippen LogP contribution is -2.14. The van der Waals surface area contributed by atoms with Gasteiger partial charge in [-0.05, 0) is 29.3 Å². The molecule has 0 atom stereocenters. The van der Waals surface area contributed by atoms with E-state index >= 15 is 0 Å². The van der Waals surface area contributed by atoms with Crippen molar-refractivity contribution in [1.29, 1.82) is 0 Å². The van der Waals surface area contributed by atoms with Crippen molar-refractivity contribution in [2.45, 2.75) is 6.42 Å². The lowest BCUT2D eigenvalue weighted by molar-refractivity contribution is -0.115. The Kier molecular flexibility index (Phi) is 9.13. The molecule has 7 nitrogen and oxygen atoms in total. The van der Waals surface area contributed by atoms with E-state index in [0.29, 0.717) is 46.0 Å². The number of anilines is 2. The fraction of sp³-hybridized carbons (Fsp3) is 0.429. The van der Waals surface area contributed by atoms with Crippen LogP contribution in [0.5, 0.6) is 0 Å². The maximum Gasteiger partial charge on any atom is 0.228 e. The molecule has 1 amide bonds. The number of hydrogen-bond donors (Lipinski definition) is 2. The van der Waals surface area contributed by atoms with Crippen molar-refractivity contribution < 1.29 is 19.0 Å². The highest BCUT2D eigenvalue weighted by atomic mass is 127. The van der Waals surface area contributed by atoms with Crippen LogP contribution in [-0.2, 0) is 25.4 Å². The zero-order chi connectivity index (χ0) is 20.3. The van der Waals surface area contributed by atoms with Crippen molar-refractivity contribution in [2.75, 3.05) is 61.2 Å². The van der Waals surface area contributed by atoms with E-state index in [1.165, 1.54) is 0 Å². The van der Waals surface area contributed by atoms with Crippen molar-refractivity contribution in [2.24, 2.45) is 0 Å². The molecule has 8 heteroatoms. The summed E-state index contributed by atoms with van der Waals surface area (Å²) in [5.74, 6) is 0.833. The molecule has 0 spiro atoms. The molecule has 0 saturated carbocycles. The van der Waals surface area contributed by atoms with E-state index in [4.69, 9.17) is 14.2 Å². The van der Waals surface area contributed by atoms with Crippen LogP contribution < -0.4 is 10.6 Å². The van der Waals surface area contributed by atoms with Crippen molar-refractivity contribution in [3.05, 3.63) is 42.1 Å². The van der Waals surface area contributed by atoms with E-state index in [2.05, 4.69) is 38.2 Å². The Labute approximate surface area is 184 Å². The second-order valence-corrected chi connectivity index (χ2v) is 7.53. The molecule has 2 N–H and O–H groups in total. The number of benzene rings is 1. The van der Waals surface area contributed by atoms with Crippen LogP contribution in [0.15, 0.2) is 36.5 Å². The van der Waals surface area contributed by atoms with Crippen LogP contribution in [0.25, 0.3) is 11.1 Å². The topological polar surface area (TPSA) is 81.7 Å². The first-order chi connectivity index (χ1) is 14.3. The molecule has 1 aliphatic heterocycles. The van der Waals surface area contributed by atoms with E-state index in [-0.39, 0.29) is 5.91 Å². The number of nitrogens with zero attached hydrogens (tertiary/aromatic N) is 1. The number of nitrogens with one attached hydrogen (secondary N) is 2. The van der Waals surface area contributed by atoms with Gasteiger partial charge in [-0.1, -0.05) is 34.7 Å². The SMILES string of the molecule is O=C1Cc2ccc(-c3cccnc3NCCOCCOCCOCCI)cc2N1. The molecule has 1 aromatic carbocycles. The number of rotatable bonds is 13. The van der Waals surface area contributed by atoms with Gasteiger partial charge >= 0.3 is 0 Å². The van der Waals surface area contributed by atoms with Gasteiger partial charge in [0.2, 0.25) is 5.91 Å². The Bertz CT molecular complexity index is 803. The highest BCUT2D eigenvalue weighted by molar-refractivity contribution is 14.1. The summed E-state index contributed by atoms with van der Waals surface area (Å²) >= 11 is 2.28. The molecule has 2 heterocycles. The average Bonchev–Trinajstić information content (AvgIpc) is 3.11. The second-order valence-electron chi connectivity index (χ2n) is 6.45. The van der Waals surface area contributed by atoms with Gasteiger partial charge in [0.25, 0.3) is 0 Å². The Balaban J connectivity index is 1.40. The molecule has 0 fully saturated rings. The monoisotopic (exact) mass is 511 g/mol. The molecule has 0 radical (unpaired) electrons. The Hall–Kier alpha value is -1.75. The van der Waals surface area contributed by atoms with Crippen molar-refractivity contribution in [3.8, 4) is 11.1 Å². The summed E-state index contributed by atoms with van der Waals surface area (Å²) in [6.45, 7) is 4.30. The number of carbonyl (C=O) groups excluding carboxylic acids is 1. The Morgan fingerprint density at radius 3 is 2.59 bits per heavy atom. The molecular formula is C21H26IN3O4. The normalized spacial score (nSPS) is 12.7. The summed E-state index contributed by atoms with van der Waals surface area (Å²) < 4.78 is 17.4. The van der Waals surface area contributed by atoms with Gasteiger partial charge in [0, 0.05) is 28.4 Å². The number of hydrogen-bond acceptors (Lipinski definition) is 6. The number of fused-ring (bicyclic) bond motifs is 1. The molecule has 0 bridgehead atoms. The first kappa shape index (κ1) is 21.9. The molecule has 2 aromatic rings. The van der Waals surface area contributed by atoms with Crippen LogP contribution in [0.4, 0.5) is 11.5 Å². The minimum Gasteiger partial charge on any atom is -0.378 e. The molecular weight excluding hydrogens is 485 g/mol. The Morgan fingerprint density at radius 2 is 1.79 bits per heavy atom.